The van der Waals surface area contributed by atoms with Gasteiger partial charge < -0.3 is 9.73 Å². The number of carbonyl (C=O) groups excluding carboxylic acids is 1. The number of anilines is 1. The number of halogens is 1. The summed E-state index contributed by atoms with van der Waals surface area (Å²) < 4.78 is 5.55. The Hall–Kier alpha value is -1.88. The van der Waals surface area contributed by atoms with Crippen LogP contribution < -0.4 is 10.9 Å². The maximum Gasteiger partial charge on any atom is 0.335 e. The highest BCUT2D eigenvalue weighted by atomic mass is 79.9. The lowest BCUT2D eigenvalue weighted by Crippen LogP contribution is -2.12. The summed E-state index contributed by atoms with van der Waals surface area (Å²) >= 11 is 3.39. The van der Waals surface area contributed by atoms with Gasteiger partial charge in [-0.25, -0.2) is 4.79 Å². The highest BCUT2D eigenvalue weighted by molar-refractivity contribution is 9.10. The van der Waals surface area contributed by atoms with E-state index in [1.54, 1.807) is 6.07 Å². The molecule has 0 aliphatic carbocycles. The van der Waals surface area contributed by atoms with Crippen molar-refractivity contribution >= 4 is 27.5 Å². The van der Waals surface area contributed by atoms with Gasteiger partial charge >= 0.3 is 5.63 Å². The first-order chi connectivity index (χ1) is 8.56. The van der Waals surface area contributed by atoms with Crippen molar-refractivity contribution in [3.63, 3.8) is 0 Å². The summed E-state index contributed by atoms with van der Waals surface area (Å²) in [6.07, 6.45) is 1.14. The lowest BCUT2D eigenvalue weighted by Gasteiger charge is -2.06. The Morgan fingerprint density at radius 2 is 2.06 bits per heavy atom. The minimum atomic E-state index is -0.482. The SMILES string of the molecule is Cc1ccc(NC(=O)c2ccc(=O)oc2)cc1Br. The predicted octanol–water partition coefficient (Wildman–Crippen LogP) is 2.96. The summed E-state index contributed by atoms with van der Waals surface area (Å²) in [7, 11) is 0. The Morgan fingerprint density at radius 3 is 2.67 bits per heavy atom. The topological polar surface area (TPSA) is 59.3 Å². The van der Waals surface area contributed by atoms with Crippen LogP contribution in [0.2, 0.25) is 0 Å². The first-order valence-electron chi connectivity index (χ1n) is 5.22. The molecule has 0 atom stereocenters. The largest absolute Gasteiger partial charge is 0.430 e. The first kappa shape index (κ1) is 12.6. The number of amides is 1. The standard InChI is InChI=1S/C13H10BrNO3/c1-8-2-4-10(6-11(8)14)15-13(17)9-3-5-12(16)18-7-9/h2-7H,1H3,(H,15,17). The lowest BCUT2D eigenvalue weighted by atomic mass is 10.2. The zero-order chi connectivity index (χ0) is 13.1. The van der Waals surface area contributed by atoms with Crippen LogP contribution in [-0.2, 0) is 0 Å². The van der Waals surface area contributed by atoms with Crippen LogP contribution in [0.3, 0.4) is 0 Å². The number of aryl methyl sites for hydroxylation is 1. The van der Waals surface area contributed by atoms with E-state index in [1.165, 1.54) is 12.1 Å². The smallest absolute Gasteiger partial charge is 0.335 e. The molecule has 0 spiro atoms. The Bertz CT molecular complexity index is 628. The molecule has 0 unspecified atom stereocenters. The van der Waals surface area contributed by atoms with E-state index in [0.29, 0.717) is 11.3 Å². The van der Waals surface area contributed by atoms with Gasteiger partial charge in [0.05, 0.1) is 5.56 Å². The quantitative estimate of drug-likeness (QED) is 0.928. The van der Waals surface area contributed by atoms with Gasteiger partial charge in [-0.05, 0) is 30.7 Å². The molecule has 0 fully saturated rings. The van der Waals surface area contributed by atoms with Crippen LogP contribution in [0.4, 0.5) is 5.69 Å². The molecule has 1 heterocycles. The average molecular weight is 308 g/mol. The van der Waals surface area contributed by atoms with Gasteiger partial charge in [0.25, 0.3) is 5.91 Å². The van der Waals surface area contributed by atoms with Crippen molar-refractivity contribution in [3.8, 4) is 0 Å². The molecule has 0 aliphatic heterocycles. The molecule has 2 rings (SSSR count). The molecule has 1 amide bonds. The number of rotatable bonds is 2. The Kier molecular flexibility index (Phi) is 3.62. The minimum Gasteiger partial charge on any atom is -0.430 e. The number of benzene rings is 1. The van der Waals surface area contributed by atoms with E-state index in [0.717, 1.165) is 16.3 Å². The van der Waals surface area contributed by atoms with Crippen molar-refractivity contribution in [3.05, 3.63) is 62.6 Å². The van der Waals surface area contributed by atoms with Crippen molar-refractivity contribution in [1.29, 1.82) is 0 Å². The van der Waals surface area contributed by atoms with Crippen LogP contribution >= 0.6 is 15.9 Å². The molecule has 4 nitrogen and oxygen atoms in total. The molecule has 0 saturated heterocycles. The Balaban J connectivity index is 2.18. The maximum atomic E-state index is 11.8. The van der Waals surface area contributed by atoms with Crippen molar-refractivity contribution in [1.82, 2.24) is 0 Å². The van der Waals surface area contributed by atoms with Crippen molar-refractivity contribution in [2.45, 2.75) is 6.92 Å². The Morgan fingerprint density at radius 1 is 1.28 bits per heavy atom. The van der Waals surface area contributed by atoms with E-state index in [-0.39, 0.29) is 5.91 Å². The molecule has 0 saturated carbocycles. The van der Waals surface area contributed by atoms with Gasteiger partial charge in [0.15, 0.2) is 0 Å². The second-order valence-electron chi connectivity index (χ2n) is 3.76. The maximum absolute atomic E-state index is 11.8. The second kappa shape index (κ2) is 5.18. The van der Waals surface area contributed by atoms with Gasteiger partial charge in [0.1, 0.15) is 6.26 Å². The van der Waals surface area contributed by atoms with E-state index in [2.05, 4.69) is 25.7 Å². The van der Waals surface area contributed by atoms with E-state index in [4.69, 9.17) is 0 Å². The van der Waals surface area contributed by atoms with Gasteiger partial charge in [-0.1, -0.05) is 22.0 Å². The van der Waals surface area contributed by atoms with Crippen LogP contribution in [0.5, 0.6) is 0 Å². The first-order valence-corrected chi connectivity index (χ1v) is 6.02. The fraction of sp³-hybridized carbons (Fsp3) is 0.0769. The fourth-order valence-electron chi connectivity index (χ4n) is 1.36. The third-order valence-electron chi connectivity index (χ3n) is 2.39. The summed E-state index contributed by atoms with van der Waals surface area (Å²) in [4.78, 5) is 22.6. The van der Waals surface area contributed by atoms with E-state index >= 15 is 0 Å². The summed E-state index contributed by atoms with van der Waals surface area (Å²) in [5.41, 5.74) is 1.57. The summed E-state index contributed by atoms with van der Waals surface area (Å²) in [5, 5.41) is 2.71. The number of nitrogens with one attached hydrogen (secondary N) is 1. The molecule has 2 aromatic rings. The molecule has 18 heavy (non-hydrogen) atoms. The van der Waals surface area contributed by atoms with E-state index in [9.17, 15) is 9.59 Å². The Labute approximate surface area is 112 Å². The average Bonchev–Trinajstić information content (AvgIpc) is 2.34. The van der Waals surface area contributed by atoms with Crippen LogP contribution in [0.25, 0.3) is 0 Å². The monoisotopic (exact) mass is 307 g/mol. The number of carbonyl (C=O) groups is 1. The zero-order valence-corrected chi connectivity index (χ0v) is 11.2. The van der Waals surface area contributed by atoms with Crippen molar-refractivity contribution < 1.29 is 9.21 Å². The van der Waals surface area contributed by atoms with Crippen LogP contribution in [-0.4, -0.2) is 5.91 Å². The lowest BCUT2D eigenvalue weighted by molar-refractivity contribution is 0.102. The van der Waals surface area contributed by atoms with Crippen molar-refractivity contribution in [2.75, 3.05) is 5.32 Å². The molecule has 0 aliphatic rings. The molecule has 0 radical (unpaired) electrons. The van der Waals surface area contributed by atoms with Crippen LogP contribution in [0.1, 0.15) is 15.9 Å². The second-order valence-corrected chi connectivity index (χ2v) is 4.62. The summed E-state index contributed by atoms with van der Waals surface area (Å²) in [5.74, 6) is -0.325. The molecule has 5 heteroatoms. The zero-order valence-electron chi connectivity index (χ0n) is 9.57. The van der Waals surface area contributed by atoms with Gasteiger partial charge in [0, 0.05) is 16.2 Å². The molecule has 1 aromatic carbocycles. The van der Waals surface area contributed by atoms with Crippen LogP contribution in [0.15, 0.2) is 50.3 Å². The highest BCUT2D eigenvalue weighted by Gasteiger charge is 2.07. The van der Waals surface area contributed by atoms with E-state index < -0.39 is 5.63 Å². The van der Waals surface area contributed by atoms with Gasteiger partial charge in [-0.15, -0.1) is 0 Å². The summed E-state index contributed by atoms with van der Waals surface area (Å²) in [6, 6.07) is 8.14. The normalized spacial score (nSPS) is 10.1. The molecular weight excluding hydrogens is 298 g/mol. The summed E-state index contributed by atoms with van der Waals surface area (Å²) in [6.45, 7) is 1.96. The van der Waals surface area contributed by atoms with Gasteiger partial charge in [-0.3, -0.25) is 4.79 Å². The predicted molar refractivity (Wildman–Crippen MR) is 71.8 cm³/mol. The van der Waals surface area contributed by atoms with Gasteiger partial charge in [0.2, 0.25) is 0 Å². The van der Waals surface area contributed by atoms with Gasteiger partial charge in [-0.2, -0.15) is 0 Å². The van der Waals surface area contributed by atoms with Crippen LogP contribution in [0, 0.1) is 6.92 Å². The molecule has 0 bridgehead atoms. The highest BCUT2D eigenvalue weighted by Crippen LogP contribution is 2.20. The third kappa shape index (κ3) is 2.87. The third-order valence-corrected chi connectivity index (χ3v) is 3.25. The fourth-order valence-corrected chi connectivity index (χ4v) is 1.74. The molecule has 1 N–H and O–H groups in total. The molecule has 92 valence electrons. The molecule has 1 aromatic heterocycles. The number of hydrogen-bond donors (Lipinski definition) is 1. The number of hydrogen-bond acceptors (Lipinski definition) is 3. The molecular formula is C13H10BrNO3. The minimum absolute atomic E-state index is 0.297. The van der Waals surface area contributed by atoms with E-state index in [1.807, 2.05) is 19.1 Å². The van der Waals surface area contributed by atoms with Crippen molar-refractivity contribution in [2.24, 2.45) is 0 Å².